The minimum Gasteiger partial charge on any atom is -0.409 e. The Morgan fingerprint density at radius 1 is 1.45 bits per heavy atom. The molecular weight excluding hydrogens is 252 g/mol. The Kier molecular flexibility index (Phi) is 4.53. The highest BCUT2D eigenvalue weighted by molar-refractivity contribution is 5.82. The van der Waals surface area contributed by atoms with Gasteiger partial charge in [-0.15, -0.1) is 0 Å². The van der Waals surface area contributed by atoms with E-state index in [9.17, 15) is 0 Å². The molecule has 0 aliphatic rings. The summed E-state index contributed by atoms with van der Waals surface area (Å²) in [7, 11) is 2.02. The van der Waals surface area contributed by atoms with Crippen molar-refractivity contribution in [3.63, 3.8) is 0 Å². The van der Waals surface area contributed by atoms with Gasteiger partial charge < -0.3 is 15.8 Å². The quantitative estimate of drug-likeness (QED) is 0.378. The van der Waals surface area contributed by atoms with Gasteiger partial charge in [-0.2, -0.15) is 0 Å². The van der Waals surface area contributed by atoms with Crippen molar-refractivity contribution in [2.24, 2.45) is 16.8 Å². The maximum atomic E-state index is 8.66. The van der Waals surface area contributed by atoms with Crippen LogP contribution >= 0.6 is 0 Å². The molecule has 2 aromatic rings. The van der Waals surface area contributed by atoms with Gasteiger partial charge in [-0.05, 0) is 30.8 Å². The summed E-state index contributed by atoms with van der Waals surface area (Å²) in [5, 5.41) is 12.9. The Balaban J connectivity index is 2.04. The van der Waals surface area contributed by atoms with Gasteiger partial charge >= 0.3 is 0 Å². The largest absolute Gasteiger partial charge is 0.409 e. The van der Waals surface area contributed by atoms with Crippen LogP contribution in [0.25, 0.3) is 10.9 Å². The van der Waals surface area contributed by atoms with E-state index in [-0.39, 0.29) is 11.8 Å². The Labute approximate surface area is 118 Å². The molecule has 0 radical (unpaired) electrons. The monoisotopic (exact) mass is 272 g/mol. The number of oxime groups is 1. The molecular formula is C15H20N4O. The van der Waals surface area contributed by atoms with E-state index in [4.69, 9.17) is 10.9 Å². The lowest BCUT2D eigenvalue weighted by Crippen LogP contribution is -2.32. The summed E-state index contributed by atoms with van der Waals surface area (Å²) >= 11 is 0. The highest BCUT2D eigenvalue weighted by Crippen LogP contribution is 2.15. The van der Waals surface area contributed by atoms with Crippen LogP contribution in [0.3, 0.4) is 0 Å². The summed E-state index contributed by atoms with van der Waals surface area (Å²) in [6, 6.07) is 10.3. The minimum atomic E-state index is 0.0205. The van der Waals surface area contributed by atoms with Gasteiger partial charge in [-0.3, -0.25) is 4.98 Å². The van der Waals surface area contributed by atoms with Crippen molar-refractivity contribution >= 4 is 16.7 Å². The van der Waals surface area contributed by atoms with Gasteiger partial charge in [0.15, 0.2) is 0 Å². The SMILES string of the molecule is CC(CN(C)Cc1ccc2ncccc2c1)C(N)=NO. The van der Waals surface area contributed by atoms with E-state index in [0.29, 0.717) is 0 Å². The second kappa shape index (κ2) is 6.34. The van der Waals surface area contributed by atoms with E-state index in [1.165, 1.54) is 5.56 Å². The molecule has 0 saturated heterocycles. The maximum Gasteiger partial charge on any atom is 0.143 e. The highest BCUT2D eigenvalue weighted by atomic mass is 16.4. The molecule has 0 spiro atoms. The van der Waals surface area contributed by atoms with Crippen LogP contribution in [-0.2, 0) is 6.54 Å². The number of hydrogen-bond acceptors (Lipinski definition) is 4. The van der Waals surface area contributed by atoms with Gasteiger partial charge in [0.05, 0.1) is 5.52 Å². The topological polar surface area (TPSA) is 74.7 Å². The molecule has 0 amide bonds. The Morgan fingerprint density at radius 2 is 2.25 bits per heavy atom. The molecule has 3 N–H and O–H groups in total. The third kappa shape index (κ3) is 3.45. The normalized spacial score (nSPS) is 13.8. The number of nitrogens with two attached hydrogens (primary N) is 1. The summed E-state index contributed by atoms with van der Waals surface area (Å²) in [6.07, 6.45) is 1.80. The summed E-state index contributed by atoms with van der Waals surface area (Å²) in [6.45, 7) is 3.49. The summed E-state index contributed by atoms with van der Waals surface area (Å²) in [5.41, 5.74) is 7.82. The molecule has 1 heterocycles. The maximum absolute atomic E-state index is 8.66. The van der Waals surface area contributed by atoms with Crippen LogP contribution in [0.4, 0.5) is 0 Å². The fourth-order valence-electron chi connectivity index (χ4n) is 2.26. The van der Waals surface area contributed by atoms with Crippen molar-refractivity contribution in [3.05, 3.63) is 42.1 Å². The molecule has 1 atom stereocenters. The zero-order chi connectivity index (χ0) is 14.5. The number of fused-ring (bicyclic) bond motifs is 1. The van der Waals surface area contributed by atoms with E-state index in [0.717, 1.165) is 24.0 Å². The molecule has 0 fully saturated rings. The molecule has 106 valence electrons. The number of amidine groups is 1. The second-order valence-corrected chi connectivity index (χ2v) is 5.15. The molecule has 1 unspecified atom stereocenters. The van der Waals surface area contributed by atoms with Crippen LogP contribution in [0.1, 0.15) is 12.5 Å². The molecule has 0 aliphatic carbocycles. The first-order chi connectivity index (χ1) is 9.60. The van der Waals surface area contributed by atoms with Crippen LogP contribution < -0.4 is 5.73 Å². The fourth-order valence-corrected chi connectivity index (χ4v) is 2.26. The molecule has 20 heavy (non-hydrogen) atoms. The highest BCUT2D eigenvalue weighted by Gasteiger charge is 2.11. The first kappa shape index (κ1) is 14.3. The predicted molar refractivity (Wildman–Crippen MR) is 80.6 cm³/mol. The van der Waals surface area contributed by atoms with Crippen LogP contribution in [0, 0.1) is 5.92 Å². The number of pyridine rings is 1. The smallest absolute Gasteiger partial charge is 0.143 e. The van der Waals surface area contributed by atoms with Crippen molar-refractivity contribution < 1.29 is 5.21 Å². The second-order valence-electron chi connectivity index (χ2n) is 5.15. The zero-order valence-electron chi connectivity index (χ0n) is 11.8. The summed E-state index contributed by atoms with van der Waals surface area (Å²) < 4.78 is 0. The Morgan fingerprint density at radius 3 is 3.00 bits per heavy atom. The third-order valence-corrected chi connectivity index (χ3v) is 3.33. The van der Waals surface area contributed by atoms with E-state index in [1.807, 2.05) is 26.1 Å². The average molecular weight is 272 g/mol. The Bertz CT molecular complexity index is 612. The van der Waals surface area contributed by atoms with Crippen molar-refractivity contribution in [2.75, 3.05) is 13.6 Å². The average Bonchev–Trinajstić information content (AvgIpc) is 2.46. The van der Waals surface area contributed by atoms with Crippen molar-refractivity contribution in [1.82, 2.24) is 9.88 Å². The van der Waals surface area contributed by atoms with Crippen LogP contribution in [0.15, 0.2) is 41.7 Å². The van der Waals surface area contributed by atoms with Gasteiger partial charge in [0, 0.05) is 30.6 Å². The standard InChI is InChI=1S/C15H20N4O/c1-11(15(16)18-20)9-19(2)10-12-5-6-14-13(8-12)4-3-7-17-14/h3-8,11,20H,9-10H2,1-2H3,(H2,16,18). The molecule has 1 aromatic carbocycles. The van der Waals surface area contributed by atoms with Gasteiger partial charge in [-0.25, -0.2) is 0 Å². The van der Waals surface area contributed by atoms with E-state index in [1.54, 1.807) is 6.20 Å². The summed E-state index contributed by atoms with van der Waals surface area (Å²) in [5.74, 6) is 0.284. The van der Waals surface area contributed by atoms with Gasteiger partial charge in [0.2, 0.25) is 0 Å². The van der Waals surface area contributed by atoms with Gasteiger partial charge in [-0.1, -0.05) is 24.2 Å². The van der Waals surface area contributed by atoms with E-state index >= 15 is 0 Å². The van der Waals surface area contributed by atoms with Crippen molar-refractivity contribution in [1.29, 1.82) is 0 Å². The third-order valence-electron chi connectivity index (χ3n) is 3.33. The molecule has 5 heteroatoms. The number of aromatic nitrogens is 1. The van der Waals surface area contributed by atoms with E-state index in [2.05, 4.69) is 33.2 Å². The van der Waals surface area contributed by atoms with Crippen molar-refractivity contribution in [2.45, 2.75) is 13.5 Å². The van der Waals surface area contributed by atoms with Gasteiger partial charge in [0.25, 0.3) is 0 Å². The summed E-state index contributed by atoms with van der Waals surface area (Å²) in [4.78, 5) is 6.46. The Hall–Kier alpha value is -2.14. The lowest BCUT2D eigenvalue weighted by atomic mass is 10.1. The molecule has 5 nitrogen and oxygen atoms in total. The lowest BCUT2D eigenvalue weighted by Gasteiger charge is -2.20. The zero-order valence-corrected chi connectivity index (χ0v) is 11.8. The van der Waals surface area contributed by atoms with Crippen molar-refractivity contribution in [3.8, 4) is 0 Å². The fraction of sp³-hybridized carbons (Fsp3) is 0.333. The number of nitrogens with zero attached hydrogens (tertiary/aromatic N) is 3. The minimum absolute atomic E-state index is 0.0205. The lowest BCUT2D eigenvalue weighted by molar-refractivity contribution is 0.290. The first-order valence-electron chi connectivity index (χ1n) is 6.59. The molecule has 0 saturated carbocycles. The van der Waals surface area contributed by atoms with Gasteiger partial charge in [0.1, 0.15) is 5.84 Å². The van der Waals surface area contributed by atoms with E-state index < -0.39 is 0 Å². The van der Waals surface area contributed by atoms with Crippen LogP contribution in [-0.4, -0.2) is 34.5 Å². The number of hydrogen-bond donors (Lipinski definition) is 2. The number of rotatable bonds is 5. The van der Waals surface area contributed by atoms with Crippen LogP contribution in [0.5, 0.6) is 0 Å². The molecule has 0 aliphatic heterocycles. The first-order valence-corrected chi connectivity index (χ1v) is 6.59. The molecule has 0 bridgehead atoms. The molecule has 2 rings (SSSR count). The van der Waals surface area contributed by atoms with Crippen LogP contribution in [0.2, 0.25) is 0 Å². The number of benzene rings is 1. The molecule has 1 aromatic heterocycles. The predicted octanol–water partition coefficient (Wildman–Crippen LogP) is 2.05.